The van der Waals surface area contributed by atoms with Gasteiger partial charge in [0, 0.05) is 23.2 Å². The molecule has 0 fully saturated rings. The van der Waals surface area contributed by atoms with Gasteiger partial charge in [-0.2, -0.15) is 10.2 Å². The first-order valence-corrected chi connectivity index (χ1v) is 7.36. The lowest BCUT2D eigenvalue weighted by Crippen LogP contribution is -2.01. The van der Waals surface area contributed by atoms with Crippen LogP contribution in [0.15, 0.2) is 48.8 Å². The number of aromatic amines is 2. The Labute approximate surface area is 135 Å². The second kappa shape index (κ2) is 5.77. The molecule has 0 amide bonds. The zero-order valence-electron chi connectivity index (χ0n) is 12.5. The van der Waals surface area contributed by atoms with Crippen LogP contribution in [0.4, 0.5) is 14.5 Å². The van der Waals surface area contributed by atoms with Gasteiger partial charge >= 0.3 is 0 Å². The maximum absolute atomic E-state index is 14.0. The Morgan fingerprint density at radius 2 is 1.75 bits per heavy atom. The fourth-order valence-electron chi connectivity index (χ4n) is 2.65. The van der Waals surface area contributed by atoms with Gasteiger partial charge in [0.15, 0.2) is 0 Å². The van der Waals surface area contributed by atoms with Crippen molar-refractivity contribution in [2.75, 3.05) is 5.32 Å². The monoisotopic (exact) mass is 325 g/mol. The largest absolute Gasteiger partial charge is 0.381 e. The van der Waals surface area contributed by atoms with E-state index in [0.29, 0.717) is 17.8 Å². The Morgan fingerprint density at radius 3 is 2.58 bits per heavy atom. The first kappa shape index (κ1) is 14.4. The van der Waals surface area contributed by atoms with Crippen molar-refractivity contribution in [3.05, 3.63) is 66.0 Å². The summed E-state index contributed by atoms with van der Waals surface area (Å²) < 4.78 is 28.0. The second-order valence-corrected chi connectivity index (χ2v) is 5.39. The van der Waals surface area contributed by atoms with E-state index in [1.165, 1.54) is 18.2 Å². The number of rotatable bonds is 4. The highest BCUT2D eigenvalue weighted by molar-refractivity contribution is 5.81. The summed E-state index contributed by atoms with van der Waals surface area (Å²) in [6.07, 6.45) is 3.29. The normalized spacial score (nSPS) is 11.1. The predicted octanol–water partition coefficient (Wildman–Crippen LogP) is 3.84. The minimum atomic E-state index is -0.625. The maximum Gasteiger partial charge on any atom is 0.135 e. The highest BCUT2D eigenvalue weighted by Crippen LogP contribution is 2.27. The van der Waals surface area contributed by atoms with E-state index < -0.39 is 11.6 Å². The zero-order chi connectivity index (χ0) is 16.5. The van der Waals surface area contributed by atoms with Gasteiger partial charge in [-0.1, -0.05) is 6.07 Å². The van der Waals surface area contributed by atoms with Crippen LogP contribution in [0.2, 0.25) is 0 Å². The van der Waals surface area contributed by atoms with E-state index in [-0.39, 0.29) is 5.56 Å². The standard InChI is InChI=1S/C17H13F2N5/c18-13-2-1-3-14(19)16(13)17-11(9-22-24-17)7-20-12-4-5-15-10(6-12)8-21-23-15/h1-6,8-9,20H,7H2,(H,21,23)(H,22,24). The third-order valence-corrected chi connectivity index (χ3v) is 3.85. The molecule has 0 saturated carbocycles. The van der Waals surface area contributed by atoms with Crippen molar-refractivity contribution in [3.8, 4) is 11.3 Å². The van der Waals surface area contributed by atoms with E-state index in [2.05, 4.69) is 25.7 Å². The SMILES string of the molecule is Fc1cccc(F)c1-c1[nH]ncc1CNc1ccc2[nH]ncc2c1. The van der Waals surface area contributed by atoms with Crippen molar-refractivity contribution in [2.24, 2.45) is 0 Å². The molecular weight excluding hydrogens is 312 g/mol. The lowest BCUT2D eigenvalue weighted by atomic mass is 10.1. The number of nitrogens with zero attached hydrogens (tertiary/aromatic N) is 2. The molecule has 2 heterocycles. The molecule has 4 aromatic rings. The van der Waals surface area contributed by atoms with Gasteiger partial charge < -0.3 is 5.32 Å². The molecule has 0 unspecified atom stereocenters. The zero-order valence-corrected chi connectivity index (χ0v) is 12.5. The van der Waals surface area contributed by atoms with Crippen LogP contribution in [0.5, 0.6) is 0 Å². The lowest BCUT2D eigenvalue weighted by Gasteiger charge is -2.08. The number of H-pyrrole nitrogens is 2. The number of anilines is 1. The minimum Gasteiger partial charge on any atom is -0.381 e. The van der Waals surface area contributed by atoms with Crippen molar-refractivity contribution < 1.29 is 8.78 Å². The predicted molar refractivity (Wildman–Crippen MR) is 87.4 cm³/mol. The van der Waals surface area contributed by atoms with Crippen LogP contribution in [-0.4, -0.2) is 20.4 Å². The molecule has 0 spiro atoms. The van der Waals surface area contributed by atoms with E-state index in [9.17, 15) is 8.78 Å². The smallest absolute Gasteiger partial charge is 0.135 e. The number of nitrogens with one attached hydrogen (secondary N) is 3. The average Bonchev–Trinajstić information content (AvgIpc) is 3.21. The van der Waals surface area contributed by atoms with Crippen LogP contribution < -0.4 is 5.32 Å². The number of aromatic nitrogens is 4. The topological polar surface area (TPSA) is 69.4 Å². The Balaban J connectivity index is 1.61. The van der Waals surface area contributed by atoms with Crippen LogP contribution in [0.25, 0.3) is 22.2 Å². The van der Waals surface area contributed by atoms with Crippen LogP contribution in [0, 0.1) is 11.6 Å². The maximum atomic E-state index is 14.0. The highest BCUT2D eigenvalue weighted by Gasteiger charge is 2.16. The molecule has 3 N–H and O–H groups in total. The number of hydrogen-bond acceptors (Lipinski definition) is 3. The second-order valence-electron chi connectivity index (χ2n) is 5.39. The number of fused-ring (bicyclic) bond motifs is 1. The molecule has 0 aliphatic heterocycles. The Hall–Kier alpha value is -3.22. The molecule has 5 nitrogen and oxygen atoms in total. The summed E-state index contributed by atoms with van der Waals surface area (Å²) in [5, 5.41) is 17.7. The van der Waals surface area contributed by atoms with Gasteiger partial charge in [-0.3, -0.25) is 10.2 Å². The van der Waals surface area contributed by atoms with E-state index >= 15 is 0 Å². The number of hydrogen-bond donors (Lipinski definition) is 3. The van der Waals surface area contributed by atoms with E-state index in [4.69, 9.17) is 0 Å². The summed E-state index contributed by atoms with van der Waals surface area (Å²) in [6, 6.07) is 9.55. The fraction of sp³-hybridized carbons (Fsp3) is 0.0588. The minimum absolute atomic E-state index is 0.0999. The van der Waals surface area contributed by atoms with Gasteiger partial charge in [0.05, 0.1) is 29.2 Å². The summed E-state index contributed by atoms with van der Waals surface area (Å²) in [5.74, 6) is -1.25. The Morgan fingerprint density at radius 1 is 0.958 bits per heavy atom. The number of benzene rings is 2. The summed E-state index contributed by atoms with van der Waals surface area (Å²) >= 11 is 0. The molecule has 0 aliphatic carbocycles. The molecule has 24 heavy (non-hydrogen) atoms. The van der Waals surface area contributed by atoms with E-state index in [1.807, 2.05) is 18.2 Å². The molecule has 0 atom stereocenters. The summed E-state index contributed by atoms with van der Waals surface area (Å²) in [4.78, 5) is 0. The van der Waals surface area contributed by atoms with Gasteiger partial charge in [0.1, 0.15) is 11.6 Å². The Bertz CT molecular complexity index is 985. The summed E-state index contributed by atoms with van der Waals surface area (Å²) in [5.41, 5.74) is 2.73. The molecular formula is C17H13F2N5. The Kier molecular flexibility index (Phi) is 3.45. The van der Waals surface area contributed by atoms with Crippen molar-refractivity contribution in [2.45, 2.75) is 6.54 Å². The van der Waals surface area contributed by atoms with Gasteiger partial charge in [0.25, 0.3) is 0 Å². The summed E-state index contributed by atoms with van der Waals surface area (Å²) in [6.45, 7) is 0.378. The molecule has 0 bridgehead atoms. The molecule has 120 valence electrons. The van der Waals surface area contributed by atoms with Gasteiger partial charge in [-0.05, 0) is 30.3 Å². The highest BCUT2D eigenvalue weighted by atomic mass is 19.1. The molecule has 0 saturated heterocycles. The van der Waals surface area contributed by atoms with Crippen molar-refractivity contribution in [1.29, 1.82) is 0 Å². The quantitative estimate of drug-likeness (QED) is 0.534. The van der Waals surface area contributed by atoms with E-state index in [0.717, 1.165) is 16.6 Å². The molecule has 4 rings (SSSR count). The molecule has 7 heteroatoms. The van der Waals surface area contributed by atoms with Crippen molar-refractivity contribution in [1.82, 2.24) is 20.4 Å². The van der Waals surface area contributed by atoms with E-state index in [1.54, 1.807) is 12.4 Å². The van der Waals surface area contributed by atoms with Crippen LogP contribution in [0.3, 0.4) is 0 Å². The summed E-state index contributed by atoms with van der Waals surface area (Å²) in [7, 11) is 0. The van der Waals surface area contributed by atoms with Gasteiger partial charge in [-0.25, -0.2) is 8.78 Å². The first-order chi connectivity index (χ1) is 11.7. The third-order valence-electron chi connectivity index (χ3n) is 3.85. The van der Waals surface area contributed by atoms with Crippen LogP contribution >= 0.6 is 0 Å². The molecule has 0 radical (unpaired) electrons. The van der Waals surface area contributed by atoms with Gasteiger partial charge in [0.2, 0.25) is 0 Å². The molecule has 2 aromatic carbocycles. The van der Waals surface area contributed by atoms with Crippen molar-refractivity contribution >= 4 is 16.6 Å². The van der Waals surface area contributed by atoms with Crippen LogP contribution in [0.1, 0.15) is 5.56 Å². The van der Waals surface area contributed by atoms with Crippen LogP contribution in [-0.2, 0) is 6.54 Å². The lowest BCUT2D eigenvalue weighted by molar-refractivity contribution is 0.588. The van der Waals surface area contributed by atoms with Crippen molar-refractivity contribution in [3.63, 3.8) is 0 Å². The fourth-order valence-corrected chi connectivity index (χ4v) is 2.65. The van der Waals surface area contributed by atoms with Gasteiger partial charge in [-0.15, -0.1) is 0 Å². The third kappa shape index (κ3) is 2.50. The first-order valence-electron chi connectivity index (χ1n) is 7.36. The number of halogens is 2. The average molecular weight is 325 g/mol. The molecule has 2 aromatic heterocycles. The molecule has 0 aliphatic rings.